The summed E-state index contributed by atoms with van der Waals surface area (Å²) in [5, 5.41) is 10.8. The zero-order valence-corrected chi connectivity index (χ0v) is 15.8. The molecule has 3 N–H and O–H groups in total. The molecule has 1 heterocycles. The molecular weight excluding hydrogens is 366 g/mol. The Labute approximate surface area is 163 Å². The van der Waals surface area contributed by atoms with E-state index in [0.29, 0.717) is 35.8 Å². The largest absolute Gasteiger partial charge is 0.378 e. The number of anilines is 1. The summed E-state index contributed by atoms with van der Waals surface area (Å²) in [6, 6.07) is 13.9. The van der Waals surface area contributed by atoms with E-state index < -0.39 is 12.0 Å². The molecule has 6 nitrogen and oxygen atoms in total. The van der Waals surface area contributed by atoms with Gasteiger partial charge in [-0.25, -0.2) is 0 Å². The first kappa shape index (κ1) is 19.2. The van der Waals surface area contributed by atoms with Gasteiger partial charge in [0.25, 0.3) is 5.91 Å². The summed E-state index contributed by atoms with van der Waals surface area (Å²) in [6.07, 6.45) is -1.16. The van der Waals surface area contributed by atoms with E-state index >= 15 is 0 Å². The molecular formula is C20H22ClN3O3. The van der Waals surface area contributed by atoms with Crippen molar-refractivity contribution in [2.75, 3.05) is 24.5 Å². The topological polar surface area (TPSA) is 86.9 Å². The Morgan fingerprint density at radius 3 is 2.48 bits per heavy atom. The third-order valence-corrected chi connectivity index (χ3v) is 5.13. The van der Waals surface area contributed by atoms with Crippen LogP contribution < -0.4 is 10.6 Å². The summed E-state index contributed by atoms with van der Waals surface area (Å²) in [4.78, 5) is 27.7. The summed E-state index contributed by atoms with van der Waals surface area (Å²) in [5.41, 5.74) is 7.03. The Balaban J connectivity index is 1.71. The minimum Gasteiger partial charge on any atom is -0.378 e. The SMILES string of the molecule is C[C@@H]1CN(C(=O)[C@H](O)c2ccccc2)CCN1c1ccc(C(N)=O)cc1Cl. The van der Waals surface area contributed by atoms with Crippen molar-refractivity contribution in [3.63, 3.8) is 0 Å². The van der Waals surface area contributed by atoms with Crippen molar-refractivity contribution in [3.8, 4) is 0 Å². The van der Waals surface area contributed by atoms with Crippen molar-refractivity contribution < 1.29 is 14.7 Å². The molecule has 0 saturated carbocycles. The van der Waals surface area contributed by atoms with Crippen LogP contribution in [0.5, 0.6) is 0 Å². The second kappa shape index (κ2) is 7.98. The van der Waals surface area contributed by atoms with Crippen LogP contribution in [0.4, 0.5) is 5.69 Å². The first-order valence-corrected chi connectivity index (χ1v) is 9.14. The summed E-state index contributed by atoms with van der Waals surface area (Å²) in [6.45, 7) is 3.51. The molecule has 2 amide bonds. The lowest BCUT2D eigenvalue weighted by molar-refractivity contribution is -0.141. The fourth-order valence-corrected chi connectivity index (χ4v) is 3.65. The Morgan fingerprint density at radius 1 is 1.19 bits per heavy atom. The Hall–Kier alpha value is -2.57. The highest BCUT2D eigenvalue weighted by Gasteiger charge is 2.31. The molecule has 1 aliphatic rings. The van der Waals surface area contributed by atoms with E-state index in [-0.39, 0.29) is 11.9 Å². The van der Waals surface area contributed by atoms with Gasteiger partial charge >= 0.3 is 0 Å². The van der Waals surface area contributed by atoms with Crippen molar-refractivity contribution in [2.24, 2.45) is 5.73 Å². The third kappa shape index (κ3) is 4.07. The minimum atomic E-state index is -1.16. The van der Waals surface area contributed by atoms with Crippen molar-refractivity contribution in [3.05, 3.63) is 64.7 Å². The number of piperazine rings is 1. The summed E-state index contributed by atoms with van der Waals surface area (Å²) < 4.78 is 0. The van der Waals surface area contributed by atoms with E-state index in [9.17, 15) is 14.7 Å². The number of aliphatic hydroxyl groups is 1. The zero-order valence-electron chi connectivity index (χ0n) is 15.0. The maximum atomic E-state index is 12.7. The summed E-state index contributed by atoms with van der Waals surface area (Å²) >= 11 is 6.33. The fraction of sp³-hybridized carbons (Fsp3) is 0.300. The molecule has 1 saturated heterocycles. The van der Waals surface area contributed by atoms with Gasteiger partial charge < -0.3 is 20.6 Å². The Bertz CT molecular complexity index is 844. The van der Waals surface area contributed by atoms with Gasteiger partial charge in [-0.15, -0.1) is 0 Å². The van der Waals surface area contributed by atoms with Crippen LogP contribution in [0.25, 0.3) is 0 Å². The normalized spacial score (nSPS) is 18.3. The van der Waals surface area contributed by atoms with Gasteiger partial charge in [0.05, 0.1) is 10.7 Å². The summed E-state index contributed by atoms with van der Waals surface area (Å²) in [7, 11) is 0. The zero-order chi connectivity index (χ0) is 19.6. The number of carbonyl (C=O) groups excluding carboxylic acids is 2. The highest BCUT2D eigenvalue weighted by atomic mass is 35.5. The average Bonchev–Trinajstić information content (AvgIpc) is 2.67. The van der Waals surface area contributed by atoms with Crippen molar-refractivity contribution in [2.45, 2.75) is 19.1 Å². The number of primary amides is 1. The molecule has 0 radical (unpaired) electrons. The van der Waals surface area contributed by atoms with E-state index in [1.807, 2.05) is 13.0 Å². The van der Waals surface area contributed by atoms with Crippen LogP contribution in [0, 0.1) is 0 Å². The predicted octanol–water partition coefficient (Wildman–Crippen LogP) is 2.21. The predicted molar refractivity (Wildman–Crippen MR) is 105 cm³/mol. The van der Waals surface area contributed by atoms with Crippen LogP contribution in [0.2, 0.25) is 5.02 Å². The molecule has 7 heteroatoms. The number of nitrogens with two attached hydrogens (primary N) is 1. The second-order valence-electron chi connectivity index (χ2n) is 6.67. The van der Waals surface area contributed by atoms with Crippen LogP contribution in [-0.2, 0) is 4.79 Å². The third-order valence-electron chi connectivity index (χ3n) is 4.83. The molecule has 0 spiro atoms. The number of rotatable bonds is 4. The van der Waals surface area contributed by atoms with E-state index in [2.05, 4.69) is 4.90 Å². The first-order valence-electron chi connectivity index (χ1n) is 8.76. The van der Waals surface area contributed by atoms with Gasteiger partial charge in [-0.2, -0.15) is 0 Å². The molecule has 1 fully saturated rings. The lowest BCUT2D eigenvalue weighted by atomic mass is 10.1. The van der Waals surface area contributed by atoms with Gasteiger partial charge in [-0.1, -0.05) is 41.9 Å². The lowest BCUT2D eigenvalue weighted by Crippen LogP contribution is -2.54. The van der Waals surface area contributed by atoms with Crippen LogP contribution in [0.15, 0.2) is 48.5 Å². The lowest BCUT2D eigenvalue weighted by Gasteiger charge is -2.42. The molecule has 1 aliphatic heterocycles. The maximum absolute atomic E-state index is 12.7. The van der Waals surface area contributed by atoms with E-state index in [0.717, 1.165) is 5.69 Å². The van der Waals surface area contributed by atoms with Gasteiger partial charge in [-0.05, 0) is 30.7 Å². The number of carbonyl (C=O) groups is 2. The van der Waals surface area contributed by atoms with Crippen molar-refractivity contribution >= 4 is 29.1 Å². The maximum Gasteiger partial charge on any atom is 0.256 e. The Morgan fingerprint density at radius 2 is 1.89 bits per heavy atom. The monoisotopic (exact) mass is 387 g/mol. The molecule has 0 aliphatic carbocycles. The molecule has 2 atom stereocenters. The Kier molecular flexibility index (Phi) is 5.68. The quantitative estimate of drug-likeness (QED) is 0.842. The summed E-state index contributed by atoms with van der Waals surface area (Å²) in [5.74, 6) is -0.829. The standard InChI is InChI=1S/C20H22ClN3O3/c1-13-12-23(20(27)18(25)14-5-3-2-4-6-14)9-10-24(13)17-8-7-15(19(22)26)11-16(17)21/h2-8,11,13,18,25H,9-10,12H2,1H3,(H2,22,26)/t13-,18-/m1/s1. The van der Waals surface area contributed by atoms with Gasteiger partial charge in [0.15, 0.2) is 6.10 Å². The number of amides is 2. The molecule has 3 rings (SSSR count). The molecule has 0 bridgehead atoms. The molecule has 2 aromatic carbocycles. The molecule has 142 valence electrons. The van der Waals surface area contributed by atoms with Crippen LogP contribution in [0.3, 0.4) is 0 Å². The second-order valence-corrected chi connectivity index (χ2v) is 7.08. The van der Waals surface area contributed by atoms with Crippen molar-refractivity contribution in [1.29, 1.82) is 0 Å². The van der Waals surface area contributed by atoms with E-state index in [4.69, 9.17) is 17.3 Å². The smallest absolute Gasteiger partial charge is 0.256 e. The molecule has 0 unspecified atom stereocenters. The number of nitrogens with zero attached hydrogens (tertiary/aromatic N) is 2. The van der Waals surface area contributed by atoms with Gasteiger partial charge in [0.1, 0.15) is 0 Å². The molecule has 2 aromatic rings. The fourth-order valence-electron chi connectivity index (χ4n) is 3.36. The number of hydrogen-bond donors (Lipinski definition) is 2. The number of benzene rings is 2. The van der Waals surface area contributed by atoms with E-state index in [1.165, 1.54) is 0 Å². The number of aliphatic hydroxyl groups excluding tert-OH is 1. The average molecular weight is 388 g/mol. The van der Waals surface area contributed by atoms with Gasteiger partial charge in [0.2, 0.25) is 5.91 Å². The first-order chi connectivity index (χ1) is 12.9. The van der Waals surface area contributed by atoms with Gasteiger partial charge in [-0.3, -0.25) is 9.59 Å². The minimum absolute atomic E-state index is 0.00241. The number of hydrogen-bond acceptors (Lipinski definition) is 4. The molecule has 0 aromatic heterocycles. The highest BCUT2D eigenvalue weighted by Crippen LogP contribution is 2.30. The van der Waals surface area contributed by atoms with Crippen LogP contribution in [-0.4, -0.2) is 47.5 Å². The number of halogens is 1. The van der Waals surface area contributed by atoms with Crippen molar-refractivity contribution in [1.82, 2.24) is 4.90 Å². The van der Waals surface area contributed by atoms with E-state index in [1.54, 1.807) is 47.4 Å². The van der Waals surface area contributed by atoms with Crippen LogP contribution >= 0.6 is 11.6 Å². The molecule has 27 heavy (non-hydrogen) atoms. The van der Waals surface area contributed by atoms with Gasteiger partial charge in [0, 0.05) is 31.2 Å². The highest BCUT2D eigenvalue weighted by molar-refractivity contribution is 6.33. The van der Waals surface area contributed by atoms with Crippen LogP contribution in [0.1, 0.15) is 28.9 Å².